The summed E-state index contributed by atoms with van der Waals surface area (Å²) in [6.45, 7) is 1.51. The second-order valence-electron chi connectivity index (χ2n) is 2.48. The van der Waals surface area contributed by atoms with E-state index in [4.69, 9.17) is 5.11 Å². The van der Waals surface area contributed by atoms with Gasteiger partial charge in [-0.15, -0.1) is 0 Å². The molecule has 0 fully saturated rings. The van der Waals surface area contributed by atoms with Gasteiger partial charge < -0.3 is 10.4 Å². The van der Waals surface area contributed by atoms with Gasteiger partial charge in [0.15, 0.2) is 0 Å². The van der Waals surface area contributed by atoms with Crippen molar-refractivity contribution in [3.63, 3.8) is 0 Å². The fourth-order valence-electron chi connectivity index (χ4n) is 0.604. The lowest BCUT2D eigenvalue weighted by Gasteiger charge is -2.11. The van der Waals surface area contributed by atoms with Crippen molar-refractivity contribution in [2.75, 3.05) is 11.5 Å². The van der Waals surface area contributed by atoms with E-state index in [1.165, 1.54) is 6.92 Å². The lowest BCUT2D eigenvalue weighted by atomic mass is 10.4. The fourth-order valence-corrected chi connectivity index (χ4v) is 1.39. The molecular formula is C6H10F3NO2S. The standard InChI is InChI=1S/C6H10F3NO2S/c1-4(10-5(11)12)2-13-3-6(7,8)9/h4,10H,2-3H2,1H3,(H,11,12). The molecule has 0 aromatic carbocycles. The summed E-state index contributed by atoms with van der Waals surface area (Å²) in [6, 6.07) is -0.468. The number of thioether (sulfide) groups is 1. The predicted molar refractivity (Wildman–Crippen MR) is 44.0 cm³/mol. The summed E-state index contributed by atoms with van der Waals surface area (Å²) in [6.07, 6.45) is -5.41. The molecule has 0 saturated carbocycles. The molecule has 0 bridgehead atoms. The highest BCUT2D eigenvalue weighted by Crippen LogP contribution is 2.21. The van der Waals surface area contributed by atoms with Crippen LogP contribution < -0.4 is 5.32 Å². The summed E-state index contributed by atoms with van der Waals surface area (Å²) in [5.41, 5.74) is 0. The first kappa shape index (κ1) is 12.4. The Kier molecular flexibility index (Phi) is 4.97. The van der Waals surface area contributed by atoms with Crippen LogP contribution in [0.2, 0.25) is 0 Å². The lowest BCUT2D eigenvalue weighted by molar-refractivity contribution is -0.105. The van der Waals surface area contributed by atoms with Crippen molar-refractivity contribution < 1.29 is 23.1 Å². The molecule has 0 aromatic rings. The normalized spacial score (nSPS) is 13.8. The Morgan fingerprint density at radius 3 is 2.54 bits per heavy atom. The largest absolute Gasteiger partial charge is 0.465 e. The topological polar surface area (TPSA) is 49.3 Å². The molecule has 1 unspecified atom stereocenters. The zero-order chi connectivity index (χ0) is 10.5. The molecule has 0 heterocycles. The van der Waals surface area contributed by atoms with Crippen LogP contribution in [0.25, 0.3) is 0 Å². The van der Waals surface area contributed by atoms with E-state index >= 15 is 0 Å². The molecule has 13 heavy (non-hydrogen) atoms. The second kappa shape index (κ2) is 5.21. The van der Waals surface area contributed by atoms with Gasteiger partial charge in [-0.25, -0.2) is 4.79 Å². The quantitative estimate of drug-likeness (QED) is 0.756. The molecule has 0 saturated heterocycles. The van der Waals surface area contributed by atoms with E-state index in [1.807, 2.05) is 0 Å². The van der Waals surface area contributed by atoms with Crippen LogP contribution >= 0.6 is 11.8 Å². The van der Waals surface area contributed by atoms with Crippen molar-refractivity contribution in [2.45, 2.75) is 19.1 Å². The first-order chi connectivity index (χ1) is 5.81. The maximum Gasteiger partial charge on any atom is 0.404 e. The van der Waals surface area contributed by atoms with Crippen molar-refractivity contribution in [3.05, 3.63) is 0 Å². The summed E-state index contributed by atoms with van der Waals surface area (Å²) in [5.74, 6) is -0.829. The average molecular weight is 217 g/mol. The van der Waals surface area contributed by atoms with E-state index in [0.717, 1.165) is 0 Å². The van der Waals surface area contributed by atoms with E-state index in [0.29, 0.717) is 11.8 Å². The maximum atomic E-state index is 11.6. The smallest absolute Gasteiger partial charge is 0.404 e. The summed E-state index contributed by atoms with van der Waals surface area (Å²) in [4.78, 5) is 10.0. The molecule has 0 radical (unpaired) electrons. The molecule has 0 spiro atoms. The van der Waals surface area contributed by atoms with Crippen LogP contribution in [-0.4, -0.2) is 34.9 Å². The number of hydrogen-bond donors (Lipinski definition) is 2. The summed E-state index contributed by atoms with van der Waals surface area (Å²) < 4.78 is 34.8. The van der Waals surface area contributed by atoms with Crippen molar-refractivity contribution in [1.29, 1.82) is 0 Å². The highest BCUT2D eigenvalue weighted by Gasteiger charge is 2.27. The molecular weight excluding hydrogens is 207 g/mol. The van der Waals surface area contributed by atoms with Crippen molar-refractivity contribution in [3.8, 4) is 0 Å². The molecule has 0 aliphatic carbocycles. The second-order valence-corrected chi connectivity index (χ2v) is 3.51. The van der Waals surface area contributed by atoms with Gasteiger partial charge in [-0.1, -0.05) is 0 Å². The zero-order valence-corrected chi connectivity index (χ0v) is 7.71. The van der Waals surface area contributed by atoms with Crippen molar-refractivity contribution in [1.82, 2.24) is 5.32 Å². The third kappa shape index (κ3) is 9.32. The van der Waals surface area contributed by atoms with Gasteiger partial charge in [-0.3, -0.25) is 0 Å². The molecule has 3 nitrogen and oxygen atoms in total. The first-order valence-electron chi connectivity index (χ1n) is 3.45. The predicted octanol–water partition coefficient (Wildman–Crippen LogP) is 1.94. The first-order valence-corrected chi connectivity index (χ1v) is 4.60. The highest BCUT2D eigenvalue weighted by atomic mass is 32.2. The van der Waals surface area contributed by atoms with Crippen molar-refractivity contribution >= 4 is 17.9 Å². The monoisotopic (exact) mass is 217 g/mol. The Labute approximate surface area is 77.7 Å². The number of halogens is 3. The number of nitrogens with one attached hydrogen (secondary N) is 1. The number of alkyl halides is 3. The van der Waals surface area contributed by atoms with Gasteiger partial charge >= 0.3 is 12.3 Å². The summed E-state index contributed by atoms with van der Waals surface area (Å²) >= 11 is 0.659. The van der Waals surface area contributed by atoms with E-state index in [1.54, 1.807) is 0 Å². The Balaban J connectivity index is 3.48. The third-order valence-corrected chi connectivity index (χ3v) is 2.27. The number of rotatable bonds is 4. The Morgan fingerprint density at radius 2 is 2.15 bits per heavy atom. The van der Waals surface area contributed by atoms with E-state index in [9.17, 15) is 18.0 Å². The van der Waals surface area contributed by atoms with Crippen LogP contribution in [0.1, 0.15) is 6.92 Å². The van der Waals surface area contributed by atoms with Crippen LogP contribution in [0.4, 0.5) is 18.0 Å². The Morgan fingerprint density at radius 1 is 1.62 bits per heavy atom. The Bertz CT molecular complexity index is 174. The highest BCUT2D eigenvalue weighted by molar-refractivity contribution is 7.99. The maximum absolute atomic E-state index is 11.6. The van der Waals surface area contributed by atoms with Crippen molar-refractivity contribution in [2.24, 2.45) is 0 Å². The molecule has 0 aliphatic heterocycles. The van der Waals surface area contributed by atoms with Gasteiger partial charge in [0.1, 0.15) is 0 Å². The molecule has 0 rings (SSSR count). The van der Waals surface area contributed by atoms with E-state index < -0.39 is 24.1 Å². The molecule has 78 valence electrons. The van der Waals surface area contributed by atoms with E-state index in [2.05, 4.69) is 5.32 Å². The van der Waals surface area contributed by atoms with Gasteiger partial charge in [-0.2, -0.15) is 24.9 Å². The van der Waals surface area contributed by atoms with Crippen LogP contribution in [0.3, 0.4) is 0 Å². The molecule has 0 aromatic heterocycles. The third-order valence-electron chi connectivity index (χ3n) is 1.00. The molecule has 1 atom stereocenters. The minimum Gasteiger partial charge on any atom is -0.465 e. The van der Waals surface area contributed by atoms with Gasteiger partial charge in [0.05, 0.1) is 5.75 Å². The number of hydrogen-bond acceptors (Lipinski definition) is 2. The number of amides is 1. The van der Waals surface area contributed by atoms with Crippen LogP contribution in [-0.2, 0) is 0 Å². The van der Waals surface area contributed by atoms with Gasteiger partial charge in [0, 0.05) is 11.8 Å². The summed E-state index contributed by atoms with van der Waals surface area (Å²) in [7, 11) is 0. The van der Waals surface area contributed by atoms with Gasteiger partial charge in [0.25, 0.3) is 0 Å². The number of carboxylic acid groups (broad SMARTS) is 1. The minimum absolute atomic E-state index is 0.117. The zero-order valence-electron chi connectivity index (χ0n) is 6.89. The van der Waals surface area contributed by atoms with E-state index in [-0.39, 0.29) is 5.75 Å². The molecule has 0 aliphatic rings. The molecule has 1 amide bonds. The molecule has 7 heteroatoms. The SMILES string of the molecule is CC(CSCC(F)(F)F)NC(=O)O. The number of carbonyl (C=O) groups is 1. The summed E-state index contributed by atoms with van der Waals surface area (Å²) in [5, 5.41) is 10.3. The van der Waals surface area contributed by atoms with Gasteiger partial charge in [-0.05, 0) is 6.92 Å². The van der Waals surface area contributed by atoms with Gasteiger partial charge in [0.2, 0.25) is 0 Å². The average Bonchev–Trinajstić information content (AvgIpc) is 1.81. The minimum atomic E-state index is -4.19. The van der Waals surface area contributed by atoms with Crippen LogP contribution in [0.5, 0.6) is 0 Å². The Hall–Kier alpha value is -0.590. The van der Waals surface area contributed by atoms with Crippen LogP contribution in [0.15, 0.2) is 0 Å². The fraction of sp³-hybridized carbons (Fsp3) is 0.833. The lowest BCUT2D eigenvalue weighted by Crippen LogP contribution is -2.33. The van der Waals surface area contributed by atoms with Crippen LogP contribution in [0, 0.1) is 0 Å². The molecule has 2 N–H and O–H groups in total.